The zero-order chi connectivity index (χ0) is 21.0. The number of nitrogens with zero attached hydrogens (tertiary/aromatic N) is 3. The highest BCUT2D eigenvalue weighted by molar-refractivity contribution is 5.99. The average Bonchev–Trinajstić information content (AvgIpc) is 2.71. The fourth-order valence-corrected chi connectivity index (χ4v) is 4.26. The zero-order valence-electron chi connectivity index (χ0n) is 17.3. The highest BCUT2D eigenvalue weighted by Crippen LogP contribution is 2.25. The Hall–Kier alpha value is -2.45. The summed E-state index contributed by atoms with van der Waals surface area (Å²) in [5, 5.41) is 7.50. The maximum atomic E-state index is 13.0. The minimum Gasteiger partial charge on any atom is -0.465 e. The van der Waals surface area contributed by atoms with Gasteiger partial charge in [0.1, 0.15) is 5.84 Å². The molecular weight excluding hydrogens is 370 g/mol. The van der Waals surface area contributed by atoms with Crippen molar-refractivity contribution in [1.29, 1.82) is 5.41 Å². The van der Waals surface area contributed by atoms with Gasteiger partial charge >= 0.3 is 5.97 Å². The third-order valence-corrected chi connectivity index (χ3v) is 5.88. The summed E-state index contributed by atoms with van der Waals surface area (Å²) in [4.78, 5) is 31.0. The fraction of sp³-hybridized carbons (Fsp3) is 0.571. The molecule has 1 unspecified atom stereocenters. The number of hydrogen-bond acceptors (Lipinski definition) is 6. The summed E-state index contributed by atoms with van der Waals surface area (Å²) < 4.78 is 5.03. The summed E-state index contributed by atoms with van der Waals surface area (Å²) in [6.07, 6.45) is 1.90. The summed E-state index contributed by atoms with van der Waals surface area (Å²) in [6, 6.07) is 7.44. The van der Waals surface area contributed by atoms with Crippen molar-refractivity contribution in [3.63, 3.8) is 0 Å². The van der Waals surface area contributed by atoms with Crippen LogP contribution in [-0.2, 0) is 14.3 Å². The summed E-state index contributed by atoms with van der Waals surface area (Å²) >= 11 is 0. The van der Waals surface area contributed by atoms with Crippen LogP contribution in [0.3, 0.4) is 0 Å². The molecule has 0 bridgehead atoms. The Morgan fingerprint density at radius 1 is 1.17 bits per heavy atom. The van der Waals surface area contributed by atoms with E-state index in [1.807, 2.05) is 30.9 Å². The van der Waals surface area contributed by atoms with E-state index in [-0.39, 0.29) is 23.8 Å². The molecule has 0 aromatic heterocycles. The van der Waals surface area contributed by atoms with E-state index in [0.29, 0.717) is 31.3 Å². The molecule has 29 heavy (non-hydrogen) atoms. The number of nitrogen functional groups attached to an aromatic ring is 1. The molecule has 0 spiro atoms. The van der Waals surface area contributed by atoms with Gasteiger partial charge in [-0.1, -0.05) is 0 Å². The summed E-state index contributed by atoms with van der Waals surface area (Å²) in [7, 11) is 0. The first-order valence-electron chi connectivity index (χ1n) is 10.3. The predicted molar refractivity (Wildman–Crippen MR) is 112 cm³/mol. The van der Waals surface area contributed by atoms with Gasteiger partial charge in [0.05, 0.1) is 19.2 Å². The van der Waals surface area contributed by atoms with Crippen LogP contribution in [-0.4, -0.2) is 78.9 Å². The molecule has 0 aliphatic carbocycles. The average molecular weight is 402 g/mol. The highest BCUT2D eigenvalue weighted by Gasteiger charge is 2.37. The SMILES string of the molecule is CCOC(=O)CN1CCC(N2CCN(c3ccc(C(=N)N)cc3)C(=O)C2C)CC1. The number of rotatable bonds is 6. The van der Waals surface area contributed by atoms with E-state index < -0.39 is 0 Å². The van der Waals surface area contributed by atoms with Gasteiger partial charge in [-0.05, 0) is 51.0 Å². The molecule has 2 heterocycles. The van der Waals surface area contributed by atoms with Crippen molar-refractivity contribution in [3.05, 3.63) is 29.8 Å². The van der Waals surface area contributed by atoms with Crippen molar-refractivity contribution < 1.29 is 14.3 Å². The van der Waals surface area contributed by atoms with Crippen LogP contribution in [0.4, 0.5) is 5.69 Å². The second-order valence-electron chi connectivity index (χ2n) is 7.68. The second kappa shape index (κ2) is 9.37. The Bertz CT molecular complexity index is 743. The lowest BCUT2D eigenvalue weighted by atomic mass is 9.99. The van der Waals surface area contributed by atoms with Gasteiger partial charge in [-0.2, -0.15) is 0 Å². The molecule has 1 amide bonds. The van der Waals surface area contributed by atoms with Crippen LogP contribution in [0.5, 0.6) is 0 Å². The number of carbonyl (C=O) groups is 2. The van der Waals surface area contributed by atoms with Crippen molar-refractivity contribution >= 4 is 23.4 Å². The number of nitrogens with two attached hydrogens (primary N) is 1. The molecule has 0 radical (unpaired) electrons. The Morgan fingerprint density at radius 2 is 1.83 bits per heavy atom. The lowest BCUT2D eigenvalue weighted by molar-refractivity contribution is -0.144. The van der Waals surface area contributed by atoms with E-state index >= 15 is 0 Å². The molecule has 8 nitrogen and oxygen atoms in total. The monoisotopic (exact) mass is 401 g/mol. The minimum atomic E-state index is -0.183. The summed E-state index contributed by atoms with van der Waals surface area (Å²) in [5.74, 6) is -0.0463. The minimum absolute atomic E-state index is 0.0235. The van der Waals surface area contributed by atoms with Crippen LogP contribution in [0.2, 0.25) is 0 Å². The number of amidine groups is 1. The first kappa shape index (κ1) is 21.3. The largest absolute Gasteiger partial charge is 0.465 e. The number of amides is 1. The Morgan fingerprint density at radius 3 is 2.41 bits per heavy atom. The Kier molecular flexibility index (Phi) is 6.87. The Labute approximate surface area is 172 Å². The van der Waals surface area contributed by atoms with Crippen LogP contribution < -0.4 is 10.6 Å². The van der Waals surface area contributed by atoms with Crippen molar-refractivity contribution in [2.24, 2.45) is 5.73 Å². The molecule has 0 saturated carbocycles. The van der Waals surface area contributed by atoms with Gasteiger partial charge < -0.3 is 15.4 Å². The van der Waals surface area contributed by atoms with Gasteiger partial charge in [0, 0.05) is 43.5 Å². The van der Waals surface area contributed by atoms with E-state index in [0.717, 1.165) is 38.2 Å². The van der Waals surface area contributed by atoms with Crippen molar-refractivity contribution in [1.82, 2.24) is 9.80 Å². The molecule has 2 saturated heterocycles. The van der Waals surface area contributed by atoms with Crippen molar-refractivity contribution in [3.8, 4) is 0 Å². The van der Waals surface area contributed by atoms with Gasteiger partial charge in [0.15, 0.2) is 0 Å². The fourth-order valence-electron chi connectivity index (χ4n) is 4.26. The number of piperazine rings is 1. The number of benzene rings is 1. The first-order valence-corrected chi connectivity index (χ1v) is 10.3. The number of nitrogens with one attached hydrogen (secondary N) is 1. The van der Waals surface area contributed by atoms with E-state index in [1.54, 1.807) is 12.1 Å². The number of hydrogen-bond donors (Lipinski definition) is 2. The third kappa shape index (κ3) is 4.94. The number of ether oxygens (including phenoxy) is 1. The molecule has 1 aromatic rings. The highest BCUT2D eigenvalue weighted by atomic mass is 16.5. The van der Waals surface area contributed by atoms with Crippen LogP contribution in [0.25, 0.3) is 0 Å². The molecule has 1 aromatic carbocycles. The van der Waals surface area contributed by atoms with Gasteiger partial charge in [0.25, 0.3) is 0 Å². The standard InChI is InChI=1S/C21H31N5O3/c1-3-29-19(27)14-24-10-8-18(9-11-24)25-12-13-26(21(28)15(25)2)17-6-4-16(5-7-17)20(22)23/h4-7,15,18H,3,8-14H2,1-2H3,(H3,22,23). The lowest BCUT2D eigenvalue weighted by Gasteiger charge is -2.45. The predicted octanol–water partition coefficient (Wildman–Crippen LogP) is 1.04. The number of piperidine rings is 1. The zero-order valence-corrected chi connectivity index (χ0v) is 17.3. The normalized spacial score (nSPS) is 21.9. The van der Waals surface area contributed by atoms with E-state index in [2.05, 4.69) is 9.80 Å². The number of anilines is 1. The van der Waals surface area contributed by atoms with Gasteiger partial charge in [-0.15, -0.1) is 0 Å². The number of likely N-dealkylation sites (tertiary alicyclic amines) is 1. The van der Waals surface area contributed by atoms with Crippen LogP contribution >= 0.6 is 0 Å². The third-order valence-electron chi connectivity index (χ3n) is 5.88. The van der Waals surface area contributed by atoms with Gasteiger partial charge in [-0.25, -0.2) is 0 Å². The van der Waals surface area contributed by atoms with E-state index in [4.69, 9.17) is 15.9 Å². The summed E-state index contributed by atoms with van der Waals surface area (Å²) in [6.45, 7) is 7.71. The quantitative estimate of drug-likeness (QED) is 0.419. The van der Waals surface area contributed by atoms with E-state index in [9.17, 15) is 9.59 Å². The lowest BCUT2D eigenvalue weighted by Crippen LogP contribution is -2.60. The first-order chi connectivity index (χ1) is 13.9. The molecule has 158 valence electrons. The number of esters is 1. The molecule has 3 N–H and O–H groups in total. The van der Waals surface area contributed by atoms with Crippen LogP contribution in [0.1, 0.15) is 32.3 Å². The number of carbonyl (C=O) groups excluding carboxylic acids is 2. The molecule has 2 aliphatic rings. The topological polar surface area (TPSA) is 103 Å². The molecule has 8 heteroatoms. The molecule has 2 aliphatic heterocycles. The van der Waals surface area contributed by atoms with Crippen LogP contribution in [0.15, 0.2) is 24.3 Å². The molecule has 1 atom stereocenters. The van der Waals surface area contributed by atoms with E-state index in [1.165, 1.54) is 0 Å². The maximum Gasteiger partial charge on any atom is 0.320 e. The summed E-state index contributed by atoms with van der Waals surface area (Å²) in [5.41, 5.74) is 7.01. The smallest absolute Gasteiger partial charge is 0.320 e. The van der Waals surface area contributed by atoms with Gasteiger partial charge in [0.2, 0.25) is 5.91 Å². The van der Waals surface area contributed by atoms with Gasteiger partial charge in [-0.3, -0.25) is 24.8 Å². The maximum absolute atomic E-state index is 13.0. The van der Waals surface area contributed by atoms with Crippen molar-refractivity contribution in [2.45, 2.75) is 38.8 Å². The Balaban J connectivity index is 1.56. The van der Waals surface area contributed by atoms with Crippen molar-refractivity contribution in [2.75, 3.05) is 44.2 Å². The second-order valence-corrected chi connectivity index (χ2v) is 7.68. The molecule has 2 fully saturated rings. The molecule has 3 rings (SSSR count). The van der Waals surface area contributed by atoms with Crippen LogP contribution in [0, 0.1) is 5.41 Å². The molecular formula is C21H31N5O3.